The lowest BCUT2D eigenvalue weighted by molar-refractivity contribution is -0.801. The van der Waals surface area contributed by atoms with Gasteiger partial charge in [-0.1, -0.05) is 22.0 Å². The van der Waals surface area contributed by atoms with Gasteiger partial charge >= 0.3 is 10.0 Å². The van der Waals surface area contributed by atoms with E-state index in [0.29, 0.717) is 7.05 Å². The summed E-state index contributed by atoms with van der Waals surface area (Å²) in [6.07, 6.45) is 3.69. The number of rotatable bonds is 4. The van der Waals surface area contributed by atoms with Crippen molar-refractivity contribution in [3.8, 4) is 0 Å². The van der Waals surface area contributed by atoms with Crippen LogP contribution in [-0.2, 0) is 14.8 Å². The molecule has 1 aliphatic carbocycles. The highest BCUT2D eigenvalue weighted by Gasteiger charge is 2.48. The summed E-state index contributed by atoms with van der Waals surface area (Å²) in [4.78, 5) is 31.4. The highest BCUT2D eigenvalue weighted by Crippen LogP contribution is 2.25. The SMILES string of the molecule is C[N+](N=O)(N=O)S(=O)(=O)C1=CC=CCC1=O. The lowest BCUT2D eigenvalue weighted by atomic mass is 10.2. The van der Waals surface area contributed by atoms with Crippen LogP contribution in [-0.4, -0.2) is 25.4 Å². The molecule has 8 nitrogen and oxygen atoms in total. The van der Waals surface area contributed by atoms with Crippen molar-refractivity contribution >= 4 is 15.8 Å². The Morgan fingerprint density at radius 1 is 1.31 bits per heavy atom. The van der Waals surface area contributed by atoms with Gasteiger partial charge in [0.2, 0.25) is 10.6 Å². The number of nitrogens with zero attached hydrogens (tertiary/aromatic N) is 3. The van der Waals surface area contributed by atoms with E-state index in [0.717, 1.165) is 6.08 Å². The van der Waals surface area contributed by atoms with Crippen LogP contribution in [0.4, 0.5) is 0 Å². The molecule has 0 spiro atoms. The molecule has 86 valence electrons. The molecule has 0 aromatic rings. The summed E-state index contributed by atoms with van der Waals surface area (Å²) in [5, 5.41) is 4.25. The number of ketones is 1. The van der Waals surface area contributed by atoms with Gasteiger partial charge in [0.15, 0.2) is 10.7 Å². The molecule has 0 fully saturated rings. The molecule has 1 aliphatic rings. The van der Waals surface area contributed by atoms with E-state index in [-0.39, 0.29) is 6.42 Å². The zero-order valence-electron chi connectivity index (χ0n) is 8.23. The molecule has 0 aliphatic heterocycles. The summed E-state index contributed by atoms with van der Waals surface area (Å²) in [6.45, 7) is 0. The Morgan fingerprint density at radius 3 is 2.31 bits per heavy atom. The molecule has 0 atom stereocenters. The van der Waals surface area contributed by atoms with Crippen molar-refractivity contribution < 1.29 is 17.3 Å². The van der Waals surface area contributed by atoms with E-state index in [1.54, 1.807) is 0 Å². The Labute approximate surface area is 90.8 Å². The first-order chi connectivity index (χ1) is 7.39. The third-order valence-corrected chi connectivity index (χ3v) is 3.96. The maximum atomic E-state index is 11.7. The van der Waals surface area contributed by atoms with Crippen molar-refractivity contribution in [1.82, 2.24) is 0 Å². The third-order valence-electron chi connectivity index (χ3n) is 2.00. The number of quaternary nitrogens is 1. The number of allylic oxidation sites excluding steroid dienone is 4. The topological polar surface area (TPSA) is 110 Å². The maximum absolute atomic E-state index is 11.7. The zero-order valence-corrected chi connectivity index (χ0v) is 9.05. The van der Waals surface area contributed by atoms with Crippen molar-refractivity contribution in [2.24, 2.45) is 10.6 Å². The molecule has 0 heterocycles. The second-order valence-corrected chi connectivity index (χ2v) is 5.14. The van der Waals surface area contributed by atoms with Gasteiger partial charge in [0, 0.05) is 6.42 Å². The molecule has 0 aromatic heterocycles. The summed E-state index contributed by atoms with van der Waals surface area (Å²) in [6, 6.07) is 0. The minimum atomic E-state index is -4.53. The van der Waals surface area contributed by atoms with Crippen molar-refractivity contribution in [3.63, 3.8) is 0 Å². The van der Waals surface area contributed by atoms with E-state index in [2.05, 4.69) is 10.6 Å². The van der Waals surface area contributed by atoms with Gasteiger partial charge in [-0.2, -0.15) is 8.42 Å². The van der Waals surface area contributed by atoms with E-state index >= 15 is 0 Å². The summed E-state index contributed by atoms with van der Waals surface area (Å²) in [7, 11) is -3.85. The number of sulfonamides is 1. The van der Waals surface area contributed by atoms with Gasteiger partial charge in [0.25, 0.3) is 0 Å². The van der Waals surface area contributed by atoms with E-state index < -0.39 is 24.8 Å². The first kappa shape index (κ1) is 12.3. The first-order valence-corrected chi connectivity index (χ1v) is 5.54. The second kappa shape index (κ2) is 4.02. The Hall–Kier alpha value is -1.74. The fourth-order valence-corrected chi connectivity index (χ4v) is 2.21. The monoisotopic (exact) mass is 246 g/mol. The van der Waals surface area contributed by atoms with Gasteiger partial charge in [-0.05, 0) is 6.08 Å². The van der Waals surface area contributed by atoms with Crippen LogP contribution in [0.5, 0.6) is 0 Å². The van der Waals surface area contributed by atoms with Crippen LogP contribution in [0.2, 0.25) is 0 Å². The molecule has 1 rings (SSSR count). The van der Waals surface area contributed by atoms with Crippen molar-refractivity contribution in [1.29, 1.82) is 0 Å². The van der Waals surface area contributed by atoms with Gasteiger partial charge in [-0.25, -0.2) is 0 Å². The molecule has 0 saturated carbocycles. The largest absolute Gasteiger partial charge is 0.385 e. The minimum Gasteiger partial charge on any atom is -0.293 e. The van der Waals surface area contributed by atoms with Gasteiger partial charge in [0.05, 0.1) is 0 Å². The van der Waals surface area contributed by atoms with Crippen LogP contribution in [0.3, 0.4) is 0 Å². The van der Waals surface area contributed by atoms with Crippen LogP contribution in [0, 0.1) is 9.81 Å². The number of nitroso groups, excluding NO2 is 2. The van der Waals surface area contributed by atoms with E-state index in [1.807, 2.05) is 0 Å². The number of carbonyl (C=O) groups excluding carboxylic acids is 1. The maximum Gasteiger partial charge on any atom is 0.385 e. The summed E-state index contributed by atoms with van der Waals surface area (Å²) in [5.74, 6) is -0.709. The molecule has 0 unspecified atom stereocenters. The molecule has 0 saturated heterocycles. The van der Waals surface area contributed by atoms with Crippen LogP contribution in [0.1, 0.15) is 6.42 Å². The highest BCUT2D eigenvalue weighted by atomic mass is 32.2. The average molecular weight is 246 g/mol. The predicted molar refractivity (Wildman–Crippen MR) is 53.5 cm³/mol. The highest BCUT2D eigenvalue weighted by molar-refractivity contribution is 7.90. The van der Waals surface area contributed by atoms with Crippen molar-refractivity contribution in [2.45, 2.75) is 6.42 Å². The van der Waals surface area contributed by atoms with Crippen LogP contribution < -0.4 is 0 Å². The molecule has 16 heavy (non-hydrogen) atoms. The molecule has 0 aromatic carbocycles. The minimum absolute atomic E-state index is 0.108. The van der Waals surface area contributed by atoms with Crippen LogP contribution in [0.25, 0.3) is 0 Å². The van der Waals surface area contributed by atoms with Gasteiger partial charge in [-0.3, -0.25) is 4.79 Å². The molecule has 9 heteroatoms. The van der Waals surface area contributed by atoms with Crippen molar-refractivity contribution in [3.05, 3.63) is 32.9 Å². The Morgan fingerprint density at radius 2 is 1.88 bits per heavy atom. The summed E-state index contributed by atoms with van der Waals surface area (Å²) >= 11 is 0. The van der Waals surface area contributed by atoms with E-state index in [1.165, 1.54) is 12.2 Å². The number of carbonyl (C=O) groups is 1. The van der Waals surface area contributed by atoms with Gasteiger partial charge in [0.1, 0.15) is 11.2 Å². The van der Waals surface area contributed by atoms with Gasteiger partial charge in [-0.15, -0.1) is 0 Å². The van der Waals surface area contributed by atoms with Crippen LogP contribution in [0.15, 0.2) is 33.7 Å². The van der Waals surface area contributed by atoms with E-state index in [4.69, 9.17) is 0 Å². The normalized spacial score (nSPS) is 16.8. The summed E-state index contributed by atoms with van der Waals surface area (Å²) in [5.41, 5.74) is 0. The fraction of sp³-hybridized carbons (Fsp3) is 0.286. The number of hydrogen-bond acceptors (Lipinski definition) is 7. The Bertz CT molecular complexity index is 496. The molecular weight excluding hydrogens is 238 g/mol. The van der Waals surface area contributed by atoms with Crippen LogP contribution >= 0.6 is 0 Å². The zero-order chi connectivity index (χ0) is 12.4. The summed E-state index contributed by atoms with van der Waals surface area (Å²) < 4.78 is 21.5. The molecule has 0 N–H and O–H groups in total. The molecule has 0 radical (unpaired) electrons. The number of Topliss-reactive ketones (excluding diaryl/α,β-unsaturated/α-hetero) is 1. The predicted octanol–water partition coefficient (Wildman–Crippen LogP) is 0.538. The number of hydrogen-bond donors (Lipinski definition) is 0. The quantitative estimate of drug-likeness (QED) is 0.408. The lowest BCUT2D eigenvalue weighted by Gasteiger charge is -2.14. The van der Waals surface area contributed by atoms with Gasteiger partial charge < -0.3 is 0 Å². The Balaban J connectivity index is 3.37. The first-order valence-electron chi connectivity index (χ1n) is 4.10. The molecule has 0 amide bonds. The standard InChI is InChI=1S/C7H8N3O5S/c1-10(8-12,9-13)16(14,15)7-5-3-2-4-6(7)11/h2-3,5H,4H2,1H3/q+1. The lowest BCUT2D eigenvalue weighted by Crippen LogP contribution is -2.40. The molecular formula is C7H8N3O5S+. The second-order valence-electron chi connectivity index (χ2n) is 3.06. The van der Waals surface area contributed by atoms with E-state index in [9.17, 15) is 23.0 Å². The van der Waals surface area contributed by atoms with Crippen molar-refractivity contribution in [2.75, 3.05) is 7.05 Å². The fourth-order valence-electron chi connectivity index (χ4n) is 1.04. The smallest absolute Gasteiger partial charge is 0.293 e. The Kier molecular flexibility index (Phi) is 3.10. The third kappa shape index (κ3) is 1.70. The average Bonchev–Trinajstić information content (AvgIpc) is 2.28. The molecule has 0 bridgehead atoms.